The second-order valence-corrected chi connectivity index (χ2v) is 18.6. The second-order valence-electron chi connectivity index (χ2n) is 18.6. The van der Waals surface area contributed by atoms with Crippen LogP contribution in [0.5, 0.6) is 0 Å². The fourth-order valence-electron chi connectivity index (χ4n) is 11.3. The Kier molecular flexibility index (Phi) is 9.73. The summed E-state index contributed by atoms with van der Waals surface area (Å²) in [7, 11) is 0. The third-order valence-electron chi connectivity index (χ3n) is 14.3. The van der Waals surface area contributed by atoms with Gasteiger partial charge in [0, 0.05) is 44.3 Å². The van der Waals surface area contributed by atoms with Crippen LogP contribution in [0, 0.1) is 13.8 Å². The molecule has 13 rings (SSSR count). The van der Waals surface area contributed by atoms with Gasteiger partial charge in [-0.05, 0) is 158 Å². The molecule has 2 nitrogen and oxygen atoms in total. The van der Waals surface area contributed by atoms with E-state index in [0.29, 0.717) is 0 Å². The van der Waals surface area contributed by atoms with Gasteiger partial charge < -0.3 is 9.80 Å². The molecule has 0 amide bonds. The van der Waals surface area contributed by atoms with Crippen LogP contribution in [0.4, 0.5) is 34.1 Å². The average molecular weight is 881 g/mol. The molecule has 0 N–H and O–H groups in total. The van der Waals surface area contributed by atoms with Gasteiger partial charge in [-0.15, -0.1) is 0 Å². The van der Waals surface area contributed by atoms with Crippen LogP contribution < -0.4 is 9.80 Å². The van der Waals surface area contributed by atoms with Crippen molar-refractivity contribution >= 4 is 77.2 Å². The molecule has 0 saturated heterocycles. The maximum atomic E-state index is 2.48. The van der Waals surface area contributed by atoms with Crippen LogP contribution in [0.25, 0.3) is 76.5 Å². The first kappa shape index (κ1) is 40.5. The third-order valence-corrected chi connectivity index (χ3v) is 14.3. The van der Waals surface area contributed by atoms with E-state index in [1.807, 2.05) is 0 Å². The molecule has 0 radical (unpaired) electrons. The monoisotopic (exact) mass is 880 g/mol. The van der Waals surface area contributed by atoms with E-state index in [4.69, 9.17) is 0 Å². The largest absolute Gasteiger partial charge is 0.309 e. The number of benzene rings is 12. The van der Waals surface area contributed by atoms with Crippen LogP contribution in [-0.2, 0) is 6.42 Å². The quantitative estimate of drug-likeness (QED) is 0.140. The highest BCUT2D eigenvalue weighted by Crippen LogP contribution is 2.52. The minimum absolute atomic E-state index is 0.914. The first-order valence-electron chi connectivity index (χ1n) is 24.0. The molecule has 326 valence electrons. The molecule has 0 fully saturated rings. The Hall–Kier alpha value is -8.72. The summed E-state index contributed by atoms with van der Waals surface area (Å²) < 4.78 is 0. The van der Waals surface area contributed by atoms with E-state index in [1.54, 1.807) is 0 Å². The summed E-state index contributed by atoms with van der Waals surface area (Å²) in [5, 5.41) is 9.82. The van der Waals surface area contributed by atoms with Crippen LogP contribution in [-0.4, -0.2) is 0 Å². The summed E-state index contributed by atoms with van der Waals surface area (Å²) in [6.07, 6.45) is 0.914. The van der Waals surface area contributed by atoms with Gasteiger partial charge in [0.1, 0.15) is 0 Å². The van der Waals surface area contributed by atoms with Crippen LogP contribution in [0.1, 0.15) is 22.3 Å². The number of nitrogens with zero attached hydrogens (tertiary/aromatic N) is 2. The fourth-order valence-corrected chi connectivity index (χ4v) is 11.3. The molecule has 69 heavy (non-hydrogen) atoms. The third kappa shape index (κ3) is 6.79. The molecular formula is C67H48N2. The van der Waals surface area contributed by atoms with Gasteiger partial charge in [-0.1, -0.05) is 182 Å². The summed E-state index contributed by atoms with van der Waals surface area (Å²) >= 11 is 0. The van der Waals surface area contributed by atoms with Gasteiger partial charge in [-0.3, -0.25) is 0 Å². The fraction of sp³-hybridized carbons (Fsp3) is 0.0448. The SMILES string of the molecule is Cc1cccc(N(c2ccccc2)c2c3ccccc3c(-c3ccc4c(c3)-c3cc(-c5c6ccccc6c(N(c6ccccc6)c6cccc(C)c6)c6ccccc56)ccc3C4)c3ccccc23)c1. The molecule has 1 aliphatic carbocycles. The topological polar surface area (TPSA) is 6.48 Å². The molecule has 0 aromatic heterocycles. The normalized spacial score (nSPS) is 11.9. The smallest absolute Gasteiger partial charge is 0.0618 e. The Labute approximate surface area is 403 Å². The van der Waals surface area contributed by atoms with Crippen LogP contribution in [0.2, 0.25) is 0 Å². The van der Waals surface area contributed by atoms with Crippen molar-refractivity contribution in [2.75, 3.05) is 9.80 Å². The second kappa shape index (κ2) is 16.6. The van der Waals surface area contributed by atoms with Gasteiger partial charge in [0.25, 0.3) is 0 Å². The lowest BCUT2D eigenvalue weighted by Gasteiger charge is -2.30. The number of anilines is 6. The molecule has 2 heteroatoms. The highest BCUT2D eigenvalue weighted by Gasteiger charge is 2.27. The molecule has 12 aromatic carbocycles. The highest BCUT2D eigenvalue weighted by atomic mass is 15.2. The molecule has 0 bridgehead atoms. The van der Waals surface area contributed by atoms with Crippen molar-refractivity contribution in [2.45, 2.75) is 20.3 Å². The summed E-state index contributed by atoms with van der Waals surface area (Å²) in [6, 6.07) is 89.8. The Balaban J connectivity index is 0.999. The van der Waals surface area contributed by atoms with E-state index >= 15 is 0 Å². The van der Waals surface area contributed by atoms with Crippen molar-refractivity contribution < 1.29 is 0 Å². The molecule has 0 unspecified atom stereocenters. The maximum Gasteiger partial charge on any atom is 0.0618 e. The first-order valence-corrected chi connectivity index (χ1v) is 24.0. The molecule has 0 saturated carbocycles. The van der Waals surface area contributed by atoms with Crippen molar-refractivity contribution in [1.29, 1.82) is 0 Å². The standard InChI is InChI=1S/C67H48N2/c1-44-19-17-25-52(39-44)68(50-21-5-3-6-22-50)66-58-31-13-9-27-54(58)64(55-28-10-14-32-59(55)66)48-37-35-46-41-47-36-38-49(43-63(47)62(46)42-48)65-56-29-11-15-33-60(56)67(61-34-16-12-30-57(61)65)69(51-23-7-4-8-24-51)53-26-18-20-45(2)40-53/h3-40,42-43H,41H2,1-2H3. The van der Waals surface area contributed by atoms with E-state index in [-0.39, 0.29) is 0 Å². The number of rotatable bonds is 8. The van der Waals surface area contributed by atoms with Gasteiger partial charge in [-0.25, -0.2) is 0 Å². The van der Waals surface area contributed by atoms with Gasteiger partial charge in [-0.2, -0.15) is 0 Å². The molecule has 0 atom stereocenters. The number of hydrogen-bond donors (Lipinski definition) is 0. The average Bonchev–Trinajstić information content (AvgIpc) is 3.76. The van der Waals surface area contributed by atoms with E-state index in [0.717, 1.165) is 29.2 Å². The van der Waals surface area contributed by atoms with E-state index in [2.05, 4.69) is 266 Å². The van der Waals surface area contributed by atoms with E-state index in [1.165, 1.54) is 110 Å². The van der Waals surface area contributed by atoms with Gasteiger partial charge in [0.15, 0.2) is 0 Å². The van der Waals surface area contributed by atoms with Crippen molar-refractivity contribution in [3.05, 3.63) is 265 Å². The first-order chi connectivity index (χ1) is 34.1. The Bertz CT molecular complexity index is 3590. The van der Waals surface area contributed by atoms with Crippen molar-refractivity contribution in [3.63, 3.8) is 0 Å². The zero-order valence-electron chi connectivity index (χ0n) is 38.7. The summed E-state index contributed by atoms with van der Waals surface area (Å²) in [4.78, 5) is 4.90. The summed E-state index contributed by atoms with van der Waals surface area (Å²) in [5.41, 5.74) is 19.7. The van der Waals surface area contributed by atoms with E-state index < -0.39 is 0 Å². The van der Waals surface area contributed by atoms with Gasteiger partial charge in [0.05, 0.1) is 11.4 Å². The molecular weight excluding hydrogens is 833 g/mol. The van der Waals surface area contributed by atoms with Gasteiger partial charge >= 0.3 is 0 Å². The lowest BCUT2D eigenvalue weighted by molar-refractivity contribution is 1.26. The minimum Gasteiger partial charge on any atom is -0.309 e. The Morgan fingerprint density at radius 3 is 0.942 bits per heavy atom. The van der Waals surface area contributed by atoms with Crippen LogP contribution >= 0.6 is 0 Å². The molecule has 1 aliphatic rings. The molecule has 12 aromatic rings. The van der Waals surface area contributed by atoms with E-state index in [9.17, 15) is 0 Å². The Morgan fingerprint density at radius 1 is 0.275 bits per heavy atom. The minimum atomic E-state index is 0.914. The van der Waals surface area contributed by atoms with Crippen molar-refractivity contribution in [2.24, 2.45) is 0 Å². The lowest BCUT2D eigenvalue weighted by atomic mass is 9.87. The lowest BCUT2D eigenvalue weighted by Crippen LogP contribution is -2.11. The van der Waals surface area contributed by atoms with Crippen molar-refractivity contribution in [3.8, 4) is 33.4 Å². The predicted molar refractivity (Wildman–Crippen MR) is 294 cm³/mol. The number of para-hydroxylation sites is 2. The number of hydrogen-bond acceptors (Lipinski definition) is 2. The zero-order valence-corrected chi connectivity index (χ0v) is 38.7. The van der Waals surface area contributed by atoms with Crippen LogP contribution in [0.15, 0.2) is 243 Å². The summed E-state index contributed by atoms with van der Waals surface area (Å²) in [6.45, 7) is 4.35. The Morgan fingerprint density at radius 2 is 0.594 bits per heavy atom. The molecule has 0 heterocycles. The number of fused-ring (bicyclic) bond motifs is 7. The summed E-state index contributed by atoms with van der Waals surface area (Å²) in [5.74, 6) is 0. The molecule has 0 aliphatic heterocycles. The van der Waals surface area contributed by atoms with Gasteiger partial charge in [0.2, 0.25) is 0 Å². The van der Waals surface area contributed by atoms with Crippen LogP contribution in [0.3, 0.4) is 0 Å². The number of aryl methyl sites for hydroxylation is 2. The maximum absolute atomic E-state index is 2.48. The molecule has 0 spiro atoms. The zero-order chi connectivity index (χ0) is 46.0. The van der Waals surface area contributed by atoms with Crippen molar-refractivity contribution in [1.82, 2.24) is 0 Å². The predicted octanol–water partition coefficient (Wildman–Crippen LogP) is 18.8. The highest BCUT2D eigenvalue weighted by molar-refractivity contribution is 6.24.